The van der Waals surface area contributed by atoms with E-state index in [9.17, 15) is 38.7 Å². The Bertz CT molecular complexity index is 1610. The summed E-state index contributed by atoms with van der Waals surface area (Å²) in [6, 6.07) is 0.856. The third-order valence-electron chi connectivity index (χ3n) is 6.96. The number of carbonyl (C=O) groups is 7. The van der Waals surface area contributed by atoms with Gasteiger partial charge in [0.2, 0.25) is 17.9 Å². The number of hydrogen-bond donors (Lipinski definition) is 3. The third kappa shape index (κ3) is 9.04. The van der Waals surface area contributed by atoms with Gasteiger partial charge in [-0.05, 0) is 18.2 Å². The summed E-state index contributed by atoms with van der Waals surface area (Å²) in [4.78, 5) is 89.5. The molecule has 5 atom stereocenters. The minimum Gasteiger partial charge on any atom is -0.547 e. The Morgan fingerprint density at radius 2 is 1.98 bits per heavy atom. The van der Waals surface area contributed by atoms with Gasteiger partial charge in [0, 0.05) is 25.2 Å². The van der Waals surface area contributed by atoms with E-state index in [1.807, 2.05) is 0 Å². The van der Waals surface area contributed by atoms with Crippen LogP contribution in [0.1, 0.15) is 26.0 Å². The molecule has 3 saturated heterocycles. The van der Waals surface area contributed by atoms with Gasteiger partial charge in [-0.2, -0.15) is 0 Å². The van der Waals surface area contributed by atoms with Crippen LogP contribution < -0.4 is 67.5 Å². The molecule has 1 aromatic heterocycles. The van der Waals surface area contributed by atoms with Crippen LogP contribution in [0.25, 0.3) is 0 Å². The van der Waals surface area contributed by atoms with Crippen LogP contribution in [0.4, 0.5) is 4.79 Å². The Kier molecular flexibility index (Phi) is 14.4. The van der Waals surface area contributed by atoms with Crippen LogP contribution in [-0.2, 0) is 52.6 Å². The molecule has 0 radical (unpaired) electrons. The number of primary amides is 1. The first-order valence-corrected chi connectivity index (χ1v) is 15.3. The predicted octanol–water partition coefficient (Wildman–Crippen LogP) is -5.59. The zero-order valence-electron chi connectivity index (χ0n) is 27.0. The number of nitrogens with one attached hydrogen (secondary N) is 1. The van der Waals surface area contributed by atoms with E-state index in [0.29, 0.717) is 0 Å². The number of nitrogens with two attached hydrogens (primary N) is 1. The van der Waals surface area contributed by atoms with Crippen molar-refractivity contribution < 1.29 is 123 Å². The summed E-state index contributed by atoms with van der Waals surface area (Å²) in [6.45, 7) is 1.76. The van der Waals surface area contributed by atoms with Gasteiger partial charge in [-0.1, -0.05) is 5.16 Å². The average molecular weight is 748 g/mol. The van der Waals surface area contributed by atoms with Crippen molar-refractivity contribution in [3.05, 3.63) is 47.3 Å². The largest absolute Gasteiger partial charge is 1.00 e. The van der Waals surface area contributed by atoms with Gasteiger partial charge < -0.3 is 54.3 Å². The second kappa shape index (κ2) is 17.8. The molecular formula is C28H30KN5O15S. The fourth-order valence-electron chi connectivity index (χ4n) is 4.97. The number of ether oxygens (including phenoxy) is 4. The molecule has 4 aliphatic rings. The van der Waals surface area contributed by atoms with Crippen LogP contribution in [0.3, 0.4) is 0 Å². The molecule has 20 nitrogen and oxygen atoms in total. The molecule has 4 aliphatic heterocycles. The molecule has 3 fully saturated rings. The molecular weight excluding hydrogens is 717 g/mol. The fraction of sp³-hybridized carbons (Fsp3) is 0.429. The SMILES string of the molecule is CO/N=C(\C(=O)N[C@@H]1C(=O)N2C(C(=O)OC(C)OC(C)=O)=C(COC(N)=O)CS[C@H]12)c1ccco1.O=C([O-])[C@H]1/C(=C/CO)O[C@@H]2CC(=O)N21.[K+]. The first kappa shape index (κ1) is 40.5. The number of aliphatic hydroxyl groups excluding tert-OH is 1. The molecule has 4 amide bonds. The number of carboxylic acid groups (broad SMARTS) is 1. The summed E-state index contributed by atoms with van der Waals surface area (Å²) >= 11 is 1.21. The van der Waals surface area contributed by atoms with Crippen molar-refractivity contribution in [2.45, 2.75) is 50.2 Å². The number of hydrogen-bond acceptors (Lipinski definition) is 17. The molecule has 22 heteroatoms. The van der Waals surface area contributed by atoms with Gasteiger partial charge in [0.05, 0.1) is 25.3 Å². The molecule has 0 aromatic carbocycles. The maximum Gasteiger partial charge on any atom is 1.00 e. The van der Waals surface area contributed by atoms with E-state index in [4.69, 9.17) is 39.0 Å². The van der Waals surface area contributed by atoms with Crippen LogP contribution in [0.15, 0.2) is 51.1 Å². The van der Waals surface area contributed by atoms with E-state index in [1.165, 1.54) is 44.2 Å². The van der Waals surface area contributed by atoms with Crippen LogP contribution in [-0.4, -0.2) is 118 Å². The van der Waals surface area contributed by atoms with E-state index < -0.39 is 65.8 Å². The monoisotopic (exact) mass is 747 g/mol. The van der Waals surface area contributed by atoms with E-state index in [0.717, 1.165) is 16.7 Å². The molecule has 1 aromatic rings. The topological polar surface area (TPSA) is 279 Å². The number of thioether (sulfide) groups is 1. The standard InChI is InChI=1S/C20H22N4O10S.C8H9NO5.K/c1-9(25)33-10(2)34-19(28)15-11(7-32-20(21)29)8-35-18-14(17(27)24(15)18)22-16(26)13(23-30-3)12-5-4-6-31-12;10-2-1-4-7(8(12)13)9-5(11)3-6(9)14-4;/h4-6,10,14,18H,7-8H2,1-3H3,(H2,21,29)(H,22,26);1,6-7,10H,2-3H2,(H,12,13);/q;;+1/p-1/b23-13-;4-1-;/t10?,14-,18-;6-,7-;/m11./s1. The van der Waals surface area contributed by atoms with Crippen molar-refractivity contribution in [2.24, 2.45) is 10.9 Å². The molecule has 50 heavy (non-hydrogen) atoms. The molecule has 0 bridgehead atoms. The smallest absolute Gasteiger partial charge is 0.547 e. The van der Waals surface area contributed by atoms with Crippen molar-refractivity contribution in [1.29, 1.82) is 0 Å². The Labute approximate surface area is 329 Å². The number of carboxylic acids is 1. The van der Waals surface area contributed by atoms with E-state index >= 15 is 0 Å². The number of aliphatic carboxylic acids is 1. The average Bonchev–Trinajstić information content (AvgIpc) is 3.67. The van der Waals surface area contributed by atoms with Crippen LogP contribution >= 0.6 is 11.8 Å². The Morgan fingerprint density at radius 1 is 1.26 bits per heavy atom. The van der Waals surface area contributed by atoms with Crippen LogP contribution in [0.2, 0.25) is 0 Å². The number of β-lactam (4-membered cyclic amide) rings is 2. The first-order valence-electron chi connectivity index (χ1n) is 14.2. The number of aliphatic hydroxyl groups is 1. The molecule has 1 unspecified atom stereocenters. The second-order valence-electron chi connectivity index (χ2n) is 10.2. The van der Waals surface area contributed by atoms with Gasteiger partial charge in [0.25, 0.3) is 11.8 Å². The fourth-order valence-corrected chi connectivity index (χ4v) is 6.29. The van der Waals surface area contributed by atoms with Crippen molar-refractivity contribution in [3.8, 4) is 0 Å². The minimum atomic E-state index is -1.39. The Balaban J connectivity index is 0.000000375. The van der Waals surface area contributed by atoms with Crippen LogP contribution in [0, 0.1) is 0 Å². The van der Waals surface area contributed by atoms with Gasteiger partial charge >= 0.3 is 69.4 Å². The molecule has 0 spiro atoms. The first-order chi connectivity index (χ1) is 23.3. The molecule has 4 N–H and O–H groups in total. The summed E-state index contributed by atoms with van der Waals surface area (Å²) in [5.74, 6) is -4.33. The molecule has 0 aliphatic carbocycles. The summed E-state index contributed by atoms with van der Waals surface area (Å²) in [5, 5.41) is 24.9. The number of esters is 2. The second-order valence-corrected chi connectivity index (χ2v) is 11.3. The number of oxime groups is 1. The number of carbonyl (C=O) groups excluding carboxylic acids is 7. The number of rotatable bonds is 11. The minimum absolute atomic E-state index is 0. The number of fused-ring (bicyclic) bond motifs is 2. The van der Waals surface area contributed by atoms with E-state index in [2.05, 4.69) is 10.5 Å². The Hall–Kier alpha value is -3.93. The van der Waals surface area contributed by atoms with E-state index in [-0.39, 0.29) is 111 Å². The van der Waals surface area contributed by atoms with E-state index in [1.54, 1.807) is 6.07 Å². The normalized spacial score (nSPS) is 23.3. The van der Waals surface area contributed by atoms with Crippen molar-refractivity contribution in [2.75, 3.05) is 26.1 Å². The Morgan fingerprint density at radius 3 is 2.54 bits per heavy atom. The van der Waals surface area contributed by atoms with Crippen molar-refractivity contribution >= 4 is 59.2 Å². The summed E-state index contributed by atoms with van der Waals surface area (Å²) in [5.41, 5.74) is 4.89. The predicted molar refractivity (Wildman–Crippen MR) is 157 cm³/mol. The van der Waals surface area contributed by atoms with Crippen molar-refractivity contribution in [3.63, 3.8) is 0 Å². The zero-order chi connectivity index (χ0) is 36.0. The van der Waals surface area contributed by atoms with Gasteiger partial charge in [-0.3, -0.25) is 29.0 Å². The maximum absolute atomic E-state index is 13.0. The molecule has 0 saturated carbocycles. The maximum atomic E-state index is 13.0. The zero-order valence-corrected chi connectivity index (χ0v) is 31.0. The molecule has 5 rings (SSSR count). The molecule has 264 valence electrons. The van der Waals surface area contributed by atoms with Gasteiger partial charge in [-0.25, -0.2) is 9.59 Å². The summed E-state index contributed by atoms with van der Waals surface area (Å²) in [7, 11) is 1.25. The van der Waals surface area contributed by atoms with Gasteiger partial charge in [-0.15, -0.1) is 11.8 Å². The van der Waals surface area contributed by atoms with Gasteiger partial charge in [0.15, 0.2) is 12.0 Å². The number of furan rings is 1. The summed E-state index contributed by atoms with van der Waals surface area (Å²) < 4.78 is 25.0. The summed E-state index contributed by atoms with van der Waals surface area (Å²) in [6.07, 6.45) is -0.0574. The number of nitrogens with zero attached hydrogens (tertiary/aromatic N) is 3. The third-order valence-corrected chi connectivity index (χ3v) is 8.30. The van der Waals surface area contributed by atoms with Gasteiger partial charge in [0.1, 0.15) is 42.6 Å². The quantitative estimate of drug-likeness (QED) is 0.0475. The van der Waals surface area contributed by atoms with Crippen LogP contribution in [0.5, 0.6) is 0 Å². The number of amides is 4. The van der Waals surface area contributed by atoms with Crippen molar-refractivity contribution in [1.82, 2.24) is 15.1 Å². The molecule has 5 heterocycles.